The molecule has 7 heteroatoms. The van der Waals surface area contributed by atoms with Crippen LogP contribution in [0.15, 0.2) is 54.7 Å². The number of piperidine rings is 1. The summed E-state index contributed by atoms with van der Waals surface area (Å²) in [5.41, 5.74) is 4.64. The SMILES string of the molecule is Cc1nc(Nc2ccc(C#N)nc2)cc(C2CCCCN2Cc2cc3ccccc3[nH]2)n1. The number of aromatic amines is 1. The number of aromatic nitrogens is 4. The number of anilines is 2. The van der Waals surface area contributed by atoms with E-state index in [4.69, 9.17) is 10.2 Å². The lowest BCUT2D eigenvalue weighted by Crippen LogP contribution is -2.33. The molecule has 0 amide bonds. The Bertz CT molecular complexity index is 1240. The molecule has 4 aromatic rings. The molecule has 0 saturated carbocycles. The summed E-state index contributed by atoms with van der Waals surface area (Å²) in [4.78, 5) is 19.6. The molecular formula is C25H25N7. The normalized spacial score (nSPS) is 16.7. The first-order valence-electron chi connectivity index (χ1n) is 11.0. The highest BCUT2D eigenvalue weighted by molar-refractivity contribution is 5.80. The van der Waals surface area contributed by atoms with Gasteiger partial charge in [0.15, 0.2) is 0 Å². The standard InChI is InChI=1S/C25H25N7/c1-17-28-23(13-25(29-17)31-20-10-9-19(14-26)27-15-20)24-8-4-5-11-32(24)16-21-12-18-6-2-3-7-22(18)30-21/h2-3,6-7,9-10,12-13,15,24,30H,4-5,8,11,16H2,1H3,(H,28,29,31). The number of hydrogen-bond donors (Lipinski definition) is 2. The van der Waals surface area contributed by atoms with Gasteiger partial charge in [0.2, 0.25) is 0 Å². The van der Waals surface area contributed by atoms with Crippen LogP contribution in [0.25, 0.3) is 10.9 Å². The first-order chi connectivity index (χ1) is 15.7. The number of aryl methyl sites for hydroxylation is 1. The van der Waals surface area contributed by atoms with Crippen molar-refractivity contribution in [2.24, 2.45) is 0 Å². The molecular weight excluding hydrogens is 398 g/mol. The maximum absolute atomic E-state index is 8.95. The molecule has 160 valence electrons. The summed E-state index contributed by atoms with van der Waals surface area (Å²) in [6, 6.07) is 18.5. The van der Waals surface area contributed by atoms with Crippen molar-refractivity contribution in [3.05, 3.63) is 77.6 Å². The Morgan fingerprint density at radius 1 is 1.16 bits per heavy atom. The Labute approximate surface area is 187 Å². The van der Waals surface area contributed by atoms with Gasteiger partial charge in [0, 0.05) is 23.8 Å². The zero-order valence-electron chi connectivity index (χ0n) is 18.0. The number of nitrogens with one attached hydrogen (secondary N) is 2. The summed E-state index contributed by atoms with van der Waals surface area (Å²) in [6.45, 7) is 3.84. The minimum atomic E-state index is 0.247. The molecule has 1 aliphatic rings. The van der Waals surface area contributed by atoms with E-state index in [2.05, 4.69) is 55.5 Å². The van der Waals surface area contributed by atoms with E-state index in [0.717, 1.165) is 42.5 Å². The van der Waals surface area contributed by atoms with Crippen molar-refractivity contribution in [3.8, 4) is 6.07 Å². The topological polar surface area (TPSA) is 93.5 Å². The van der Waals surface area contributed by atoms with Gasteiger partial charge in [-0.25, -0.2) is 15.0 Å². The van der Waals surface area contributed by atoms with Crippen LogP contribution in [-0.4, -0.2) is 31.4 Å². The molecule has 2 N–H and O–H groups in total. The van der Waals surface area contributed by atoms with Gasteiger partial charge in [-0.1, -0.05) is 24.6 Å². The Balaban J connectivity index is 1.39. The molecule has 5 rings (SSSR count). The number of hydrogen-bond acceptors (Lipinski definition) is 6. The van der Waals surface area contributed by atoms with Crippen molar-refractivity contribution >= 4 is 22.4 Å². The second kappa shape index (κ2) is 8.77. The first-order valence-corrected chi connectivity index (χ1v) is 11.0. The van der Waals surface area contributed by atoms with Crippen LogP contribution < -0.4 is 5.32 Å². The summed E-state index contributed by atoms with van der Waals surface area (Å²) < 4.78 is 0. The smallest absolute Gasteiger partial charge is 0.140 e. The van der Waals surface area contributed by atoms with Gasteiger partial charge in [0.05, 0.1) is 23.6 Å². The van der Waals surface area contributed by atoms with Gasteiger partial charge in [0.1, 0.15) is 23.4 Å². The third-order valence-electron chi connectivity index (χ3n) is 5.92. The number of nitriles is 1. The fraction of sp³-hybridized carbons (Fsp3) is 0.280. The number of fused-ring (bicyclic) bond motifs is 1. The third kappa shape index (κ3) is 4.32. The van der Waals surface area contributed by atoms with Crippen molar-refractivity contribution in [2.45, 2.75) is 38.8 Å². The van der Waals surface area contributed by atoms with Gasteiger partial charge in [-0.2, -0.15) is 5.26 Å². The van der Waals surface area contributed by atoms with Crippen LogP contribution in [0.1, 0.15) is 48.2 Å². The number of para-hydroxylation sites is 1. The maximum Gasteiger partial charge on any atom is 0.140 e. The Morgan fingerprint density at radius 2 is 2.06 bits per heavy atom. The summed E-state index contributed by atoms with van der Waals surface area (Å²) in [5, 5.41) is 13.5. The molecule has 1 aliphatic heterocycles. The van der Waals surface area contributed by atoms with Crippen molar-refractivity contribution in [2.75, 3.05) is 11.9 Å². The predicted octanol–water partition coefficient (Wildman–Crippen LogP) is 5.00. The number of H-pyrrole nitrogens is 1. The monoisotopic (exact) mass is 423 g/mol. The number of pyridine rings is 1. The summed E-state index contributed by atoms with van der Waals surface area (Å²) >= 11 is 0. The predicted molar refractivity (Wildman–Crippen MR) is 124 cm³/mol. The Kier molecular flexibility index (Phi) is 5.53. The molecule has 0 aliphatic carbocycles. The van der Waals surface area contributed by atoms with E-state index in [1.54, 1.807) is 12.3 Å². The van der Waals surface area contributed by atoms with Crippen molar-refractivity contribution in [1.29, 1.82) is 5.26 Å². The highest BCUT2D eigenvalue weighted by Crippen LogP contribution is 2.32. The maximum atomic E-state index is 8.95. The van der Waals surface area contributed by atoms with E-state index in [-0.39, 0.29) is 6.04 Å². The molecule has 1 aromatic carbocycles. The van der Waals surface area contributed by atoms with Gasteiger partial charge < -0.3 is 10.3 Å². The lowest BCUT2D eigenvalue weighted by Gasteiger charge is -2.35. The third-order valence-corrected chi connectivity index (χ3v) is 5.92. The number of likely N-dealkylation sites (tertiary alicyclic amines) is 1. The van der Waals surface area contributed by atoms with Gasteiger partial charge in [-0.3, -0.25) is 4.90 Å². The molecule has 0 bridgehead atoms. The lowest BCUT2D eigenvalue weighted by molar-refractivity contribution is 0.135. The second-order valence-corrected chi connectivity index (χ2v) is 8.26. The van der Waals surface area contributed by atoms with Crippen LogP contribution in [0.4, 0.5) is 11.5 Å². The second-order valence-electron chi connectivity index (χ2n) is 8.26. The van der Waals surface area contributed by atoms with Crippen molar-refractivity contribution in [1.82, 2.24) is 24.8 Å². The van der Waals surface area contributed by atoms with Crippen LogP contribution in [0.5, 0.6) is 0 Å². The number of rotatable bonds is 5. The average molecular weight is 424 g/mol. The van der Waals surface area contributed by atoms with Crippen LogP contribution in [-0.2, 0) is 6.54 Å². The van der Waals surface area contributed by atoms with Crippen LogP contribution in [0.3, 0.4) is 0 Å². The minimum absolute atomic E-state index is 0.247. The molecule has 1 atom stereocenters. The molecule has 1 saturated heterocycles. The molecule has 3 aromatic heterocycles. The van der Waals surface area contributed by atoms with Crippen molar-refractivity contribution < 1.29 is 0 Å². The largest absolute Gasteiger partial charge is 0.357 e. The fourth-order valence-electron chi connectivity index (χ4n) is 4.46. The zero-order chi connectivity index (χ0) is 21.9. The van der Waals surface area contributed by atoms with Crippen LogP contribution >= 0.6 is 0 Å². The van der Waals surface area contributed by atoms with E-state index < -0.39 is 0 Å². The minimum Gasteiger partial charge on any atom is -0.357 e. The summed E-state index contributed by atoms with van der Waals surface area (Å²) in [7, 11) is 0. The fourth-order valence-corrected chi connectivity index (χ4v) is 4.46. The van der Waals surface area contributed by atoms with E-state index in [1.165, 1.54) is 29.4 Å². The van der Waals surface area contributed by atoms with Gasteiger partial charge in [-0.05, 0) is 56.0 Å². The van der Waals surface area contributed by atoms with Crippen molar-refractivity contribution in [3.63, 3.8) is 0 Å². The average Bonchev–Trinajstić information content (AvgIpc) is 3.22. The quantitative estimate of drug-likeness (QED) is 0.469. The zero-order valence-corrected chi connectivity index (χ0v) is 18.0. The molecule has 4 heterocycles. The highest BCUT2D eigenvalue weighted by Gasteiger charge is 2.26. The summed E-state index contributed by atoms with van der Waals surface area (Å²) in [6.07, 6.45) is 5.12. The van der Waals surface area contributed by atoms with E-state index in [1.807, 2.05) is 25.1 Å². The van der Waals surface area contributed by atoms with Gasteiger partial charge in [-0.15, -0.1) is 0 Å². The molecule has 0 radical (unpaired) electrons. The number of benzene rings is 1. The van der Waals surface area contributed by atoms with Crippen LogP contribution in [0, 0.1) is 18.3 Å². The lowest BCUT2D eigenvalue weighted by atomic mass is 9.98. The summed E-state index contributed by atoms with van der Waals surface area (Å²) in [5.74, 6) is 1.48. The van der Waals surface area contributed by atoms with E-state index in [9.17, 15) is 0 Å². The number of nitrogens with zero attached hydrogens (tertiary/aromatic N) is 5. The molecule has 1 fully saturated rings. The highest BCUT2D eigenvalue weighted by atomic mass is 15.2. The molecule has 7 nitrogen and oxygen atoms in total. The van der Waals surface area contributed by atoms with E-state index in [0.29, 0.717) is 5.69 Å². The van der Waals surface area contributed by atoms with Crippen LogP contribution in [0.2, 0.25) is 0 Å². The Morgan fingerprint density at radius 3 is 2.88 bits per heavy atom. The molecule has 1 unspecified atom stereocenters. The van der Waals surface area contributed by atoms with Gasteiger partial charge >= 0.3 is 0 Å². The Hall–Kier alpha value is -3.76. The molecule has 32 heavy (non-hydrogen) atoms. The first kappa shape index (κ1) is 20.2. The van der Waals surface area contributed by atoms with E-state index >= 15 is 0 Å². The van der Waals surface area contributed by atoms with Gasteiger partial charge in [0.25, 0.3) is 0 Å². The molecule has 0 spiro atoms.